The van der Waals surface area contributed by atoms with Crippen LogP contribution in [-0.4, -0.2) is 12.1 Å². The summed E-state index contributed by atoms with van der Waals surface area (Å²) in [7, 11) is 1.08. The maximum absolute atomic E-state index is 12.3. The van der Waals surface area contributed by atoms with E-state index in [1.54, 1.807) is 0 Å². The van der Waals surface area contributed by atoms with Crippen LogP contribution < -0.4 is 4.74 Å². The Kier molecular flexibility index (Phi) is 3.11. The number of rotatable bonds is 2. The highest BCUT2D eigenvalue weighted by molar-refractivity contribution is 5.31. The van der Waals surface area contributed by atoms with Gasteiger partial charge in [-0.05, 0) is 12.1 Å². The zero-order chi connectivity index (χ0) is 11.6. The van der Waals surface area contributed by atoms with Crippen LogP contribution in [0.4, 0.5) is 22.0 Å². The van der Waals surface area contributed by atoms with E-state index in [0.717, 1.165) is 13.2 Å². The fraction of sp³-hybridized carbons (Fsp3) is 0.375. The first-order chi connectivity index (χ1) is 6.86. The van der Waals surface area contributed by atoms with Crippen molar-refractivity contribution < 1.29 is 26.7 Å². The van der Waals surface area contributed by atoms with Gasteiger partial charge in [0.1, 0.15) is 17.1 Å². The van der Waals surface area contributed by atoms with Gasteiger partial charge in [-0.1, -0.05) is 0 Å². The van der Waals surface area contributed by atoms with E-state index < -0.39 is 24.0 Å². The first-order valence-electron chi connectivity index (χ1n) is 3.76. The van der Waals surface area contributed by atoms with Gasteiger partial charge >= 0.3 is 6.18 Å². The highest BCUT2D eigenvalue weighted by Crippen LogP contribution is 2.33. The number of methoxy groups -OCH3 is 1. The fourth-order valence-corrected chi connectivity index (χ4v) is 0.949. The van der Waals surface area contributed by atoms with Gasteiger partial charge in [-0.25, -0.2) is 13.8 Å². The largest absolute Gasteiger partial charge is 0.495 e. The average Bonchev–Trinajstić information content (AvgIpc) is 2.15. The summed E-state index contributed by atoms with van der Waals surface area (Å²) in [5.74, 6) is -0.363. The Balaban J connectivity index is 3.22. The fourth-order valence-electron chi connectivity index (χ4n) is 0.949. The first-order valence-corrected chi connectivity index (χ1v) is 3.76. The van der Waals surface area contributed by atoms with E-state index in [4.69, 9.17) is 0 Å². The second kappa shape index (κ2) is 4.00. The van der Waals surface area contributed by atoms with Crippen molar-refractivity contribution in [2.24, 2.45) is 0 Å². The summed E-state index contributed by atoms with van der Waals surface area (Å²) in [4.78, 5) is 2.81. The number of hydrogen-bond donors (Lipinski definition) is 0. The molecule has 15 heavy (non-hydrogen) atoms. The van der Waals surface area contributed by atoms with Crippen LogP contribution in [0.2, 0.25) is 0 Å². The molecule has 0 atom stereocenters. The van der Waals surface area contributed by atoms with Crippen molar-refractivity contribution in [1.82, 2.24) is 4.98 Å². The Hall–Kier alpha value is -1.40. The van der Waals surface area contributed by atoms with Crippen molar-refractivity contribution in [2.45, 2.75) is 12.6 Å². The molecule has 1 rings (SSSR count). The van der Waals surface area contributed by atoms with E-state index >= 15 is 0 Å². The first kappa shape index (κ1) is 11.7. The Morgan fingerprint density at radius 2 is 1.87 bits per heavy atom. The molecule has 84 valence electrons. The summed E-state index contributed by atoms with van der Waals surface area (Å²) in [6, 6.07) is 1.40. The molecule has 0 aliphatic heterocycles. The lowest BCUT2D eigenvalue weighted by molar-refractivity contribution is -0.141. The van der Waals surface area contributed by atoms with Crippen LogP contribution >= 0.6 is 0 Å². The Labute approximate surface area is 81.7 Å². The standard InChI is InChI=1S/C8H6F5NO/c1-15-4-2-3-5(8(11,12)13)14-6(4)7(9)10/h2-3,7H,1H3. The van der Waals surface area contributed by atoms with E-state index in [9.17, 15) is 22.0 Å². The summed E-state index contributed by atoms with van der Waals surface area (Å²) < 4.78 is 65.4. The SMILES string of the molecule is COc1ccc(C(F)(F)F)nc1C(F)F. The summed E-state index contributed by atoms with van der Waals surface area (Å²) in [6.45, 7) is 0. The zero-order valence-electron chi connectivity index (χ0n) is 7.48. The molecule has 0 amide bonds. The lowest BCUT2D eigenvalue weighted by Gasteiger charge is -2.10. The third kappa shape index (κ3) is 2.54. The lowest BCUT2D eigenvalue weighted by Crippen LogP contribution is -2.10. The Bertz CT molecular complexity index is 349. The molecular weight excluding hydrogens is 221 g/mol. The molecule has 0 radical (unpaired) electrons. The van der Waals surface area contributed by atoms with Crippen molar-refractivity contribution in [1.29, 1.82) is 0 Å². The monoisotopic (exact) mass is 227 g/mol. The molecule has 0 aliphatic rings. The van der Waals surface area contributed by atoms with Gasteiger partial charge in [0.05, 0.1) is 7.11 Å². The topological polar surface area (TPSA) is 22.1 Å². The van der Waals surface area contributed by atoms with E-state index in [1.807, 2.05) is 0 Å². The third-order valence-electron chi connectivity index (χ3n) is 1.60. The number of halogens is 5. The van der Waals surface area contributed by atoms with E-state index in [2.05, 4.69) is 9.72 Å². The minimum absolute atomic E-state index is 0.363. The molecular formula is C8H6F5NO. The van der Waals surface area contributed by atoms with Crippen LogP contribution in [0.25, 0.3) is 0 Å². The minimum atomic E-state index is -4.74. The minimum Gasteiger partial charge on any atom is -0.495 e. The summed E-state index contributed by atoms with van der Waals surface area (Å²) in [5.41, 5.74) is -2.37. The van der Waals surface area contributed by atoms with E-state index in [0.29, 0.717) is 6.07 Å². The number of nitrogens with zero attached hydrogens (tertiary/aromatic N) is 1. The van der Waals surface area contributed by atoms with Gasteiger partial charge in [-0.2, -0.15) is 13.2 Å². The molecule has 0 fully saturated rings. The summed E-state index contributed by atoms with van der Waals surface area (Å²) >= 11 is 0. The van der Waals surface area contributed by atoms with Crippen LogP contribution in [0.5, 0.6) is 5.75 Å². The highest BCUT2D eigenvalue weighted by atomic mass is 19.4. The zero-order valence-corrected chi connectivity index (χ0v) is 7.48. The molecule has 0 saturated heterocycles. The van der Waals surface area contributed by atoms with Crippen molar-refractivity contribution in [3.05, 3.63) is 23.5 Å². The molecule has 2 nitrogen and oxygen atoms in total. The Morgan fingerprint density at radius 1 is 1.27 bits per heavy atom. The van der Waals surface area contributed by atoms with Gasteiger partial charge in [0.2, 0.25) is 0 Å². The molecule has 0 spiro atoms. The van der Waals surface area contributed by atoms with Crippen LogP contribution in [0, 0.1) is 0 Å². The van der Waals surface area contributed by atoms with Gasteiger partial charge in [0.15, 0.2) is 0 Å². The van der Waals surface area contributed by atoms with Gasteiger partial charge in [-0.15, -0.1) is 0 Å². The maximum atomic E-state index is 12.3. The molecule has 0 aromatic carbocycles. The van der Waals surface area contributed by atoms with Crippen LogP contribution in [0.1, 0.15) is 17.8 Å². The highest BCUT2D eigenvalue weighted by Gasteiger charge is 2.34. The van der Waals surface area contributed by atoms with Gasteiger partial charge in [-0.3, -0.25) is 0 Å². The normalized spacial score (nSPS) is 11.9. The predicted molar refractivity (Wildman–Crippen MR) is 40.7 cm³/mol. The van der Waals surface area contributed by atoms with Gasteiger partial charge in [0, 0.05) is 0 Å². The van der Waals surface area contributed by atoms with Crippen molar-refractivity contribution in [2.75, 3.05) is 7.11 Å². The molecule has 1 aromatic rings. The molecule has 0 unspecified atom stereocenters. The molecule has 1 heterocycles. The third-order valence-corrected chi connectivity index (χ3v) is 1.60. The van der Waals surface area contributed by atoms with Crippen molar-refractivity contribution in [3.63, 3.8) is 0 Å². The summed E-state index contributed by atoms with van der Waals surface area (Å²) in [6.07, 6.45) is -7.85. The number of hydrogen-bond acceptors (Lipinski definition) is 2. The number of aromatic nitrogens is 1. The second-order valence-corrected chi connectivity index (χ2v) is 2.58. The average molecular weight is 227 g/mol. The van der Waals surface area contributed by atoms with Crippen LogP contribution in [-0.2, 0) is 6.18 Å². The maximum Gasteiger partial charge on any atom is 0.433 e. The molecule has 0 N–H and O–H groups in total. The molecule has 7 heteroatoms. The predicted octanol–water partition coefficient (Wildman–Crippen LogP) is 3.05. The van der Waals surface area contributed by atoms with Crippen LogP contribution in [0.15, 0.2) is 12.1 Å². The smallest absolute Gasteiger partial charge is 0.433 e. The van der Waals surface area contributed by atoms with Crippen molar-refractivity contribution >= 4 is 0 Å². The second-order valence-electron chi connectivity index (χ2n) is 2.58. The van der Waals surface area contributed by atoms with Crippen molar-refractivity contribution in [3.8, 4) is 5.75 Å². The Morgan fingerprint density at radius 3 is 2.27 bits per heavy atom. The molecule has 0 bridgehead atoms. The summed E-state index contributed by atoms with van der Waals surface area (Å²) in [5, 5.41) is 0. The van der Waals surface area contributed by atoms with Crippen LogP contribution in [0.3, 0.4) is 0 Å². The van der Waals surface area contributed by atoms with Gasteiger partial charge in [0.25, 0.3) is 6.43 Å². The number of pyridine rings is 1. The quantitative estimate of drug-likeness (QED) is 0.724. The lowest BCUT2D eigenvalue weighted by atomic mass is 10.2. The molecule has 0 saturated carbocycles. The number of alkyl halides is 5. The molecule has 0 aliphatic carbocycles. The van der Waals surface area contributed by atoms with E-state index in [1.165, 1.54) is 0 Å². The van der Waals surface area contributed by atoms with E-state index in [-0.39, 0.29) is 5.75 Å². The van der Waals surface area contributed by atoms with Gasteiger partial charge < -0.3 is 4.74 Å². The number of ether oxygens (including phenoxy) is 1. The molecule has 1 aromatic heterocycles.